The van der Waals surface area contributed by atoms with Gasteiger partial charge in [-0.05, 0) is 44.1 Å². The number of hydrogen-bond donors (Lipinski definition) is 1. The summed E-state index contributed by atoms with van der Waals surface area (Å²) in [4.78, 5) is 2.74. The van der Waals surface area contributed by atoms with Crippen molar-refractivity contribution in [2.24, 2.45) is 11.8 Å². The molecule has 0 amide bonds. The van der Waals surface area contributed by atoms with Crippen LogP contribution in [0.15, 0.2) is 0 Å². The smallest absolute Gasteiger partial charge is 0.0595 e. The van der Waals surface area contributed by atoms with Crippen molar-refractivity contribution < 1.29 is 4.74 Å². The van der Waals surface area contributed by atoms with E-state index < -0.39 is 0 Å². The van der Waals surface area contributed by atoms with Crippen molar-refractivity contribution in [3.63, 3.8) is 0 Å². The van der Waals surface area contributed by atoms with E-state index in [9.17, 15) is 0 Å². The summed E-state index contributed by atoms with van der Waals surface area (Å²) in [6.07, 6.45) is 5.62. The molecule has 4 atom stereocenters. The molecule has 1 aliphatic carbocycles. The highest BCUT2D eigenvalue weighted by Crippen LogP contribution is 2.33. The number of hydrogen-bond acceptors (Lipinski definition) is 3. The lowest BCUT2D eigenvalue weighted by atomic mass is 9.75. The van der Waals surface area contributed by atoms with Crippen LogP contribution in [0, 0.1) is 11.8 Å². The van der Waals surface area contributed by atoms with Gasteiger partial charge in [-0.15, -0.1) is 0 Å². The van der Waals surface area contributed by atoms with Crippen LogP contribution in [0.2, 0.25) is 0 Å². The molecule has 2 rings (SSSR count). The predicted molar refractivity (Wildman–Crippen MR) is 80.4 cm³/mol. The van der Waals surface area contributed by atoms with E-state index in [0.29, 0.717) is 12.1 Å². The first kappa shape index (κ1) is 15.3. The molecule has 1 saturated carbocycles. The van der Waals surface area contributed by atoms with E-state index in [1.165, 1.54) is 38.8 Å². The Bertz CT molecular complexity index is 263. The predicted octanol–water partition coefficient (Wildman–Crippen LogP) is 2.51. The summed E-state index contributed by atoms with van der Waals surface area (Å²) in [5.74, 6) is 1.68. The normalized spacial score (nSPS) is 38.5. The van der Waals surface area contributed by atoms with Crippen LogP contribution < -0.4 is 5.32 Å². The van der Waals surface area contributed by atoms with E-state index in [4.69, 9.17) is 4.74 Å². The van der Waals surface area contributed by atoms with E-state index in [-0.39, 0.29) is 0 Å². The first-order valence-electron chi connectivity index (χ1n) is 8.15. The van der Waals surface area contributed by atoms with Gasteiger partial charge in [0, 0.05) is 32.3 Å². The average molecular weight is 268 g/mol. The number of ether oxygens (including phenoxy) is 1. The Morgan fingerprint density at radius 1 is 1.16 bits per heavy atom. The van der Waals surface area contributed by atoms with Crippen LogP contribution in [0.5, 0.6) is 0 Å². The third-order valence-electron chi connectivity index (χ3n) is 5.12. The summed E-state index contributed by atoms with van der Waals surface area (Å²) in [6, 6.07) is 1.41. The largest absolute Gasteiger partial charge is 0.381 e. The highest BCUT2D eigenvalue weighted by molar-refractivity contribution is 4.95. The molecular formula is C16H32N2O. The van der Waals surface area contributed by atoms with Crippen molar-refractivity contribution in [2.75, 3.05) is 26.7 Å². The molecule has 19 heavy (non-hydrogen) atoms. The van der Waals surface area contributed by atoms with Gasteiger partial charge in [0.05, 0.1) is 6.10 Å². The van der Waals surface area contributed by atoms with Gasteiger partial charge < -0.3 is 10.1 Å². The van der Waals surface area contributed by atoms with Crippen LogP contribution in [0.4, 0.5) is 0 Å². The first-order valence-corrected chi connectivity index (χ1v) is 8.15. The Morgan fingerprint density at radius 3 is 2.42 bits per heavy atom. The van der Waals surface area contributed by atoms with Gasteiger partial charge in [0.2, 0.25) is 0 Å². The molecule has 2 aliphatic rings. The van der Waals surface area contributed by atoms with E-state index >= 15 is 0 Å². The Kier molecular flexibility index (Phi) is 5.67. The molecule has 3 heteroatoms. The molecule has 0 aromatic heterocycles. The van der Waals surface area contributed by atoms with Crippen molar-refractivity contribution in [3.8, 4) is 0 Å². The van der Waals surface area contributed by atoms with Crippen molar-refractivity contribution in [2.45, 2.75) is 64.6 Å². The second kappa shape index (κ2) is 7.05. The van der Waals surface area contributed by atoms with Crippen LogP contribution in [0.25, 0.3) is 0 Å². The third kappa shape index (κ3) is 3.71. The minimum atomic E-state index is 0.492. The molecule has 4 unspecified atom stereocenters. The number of methoxy groups -OCH3 is 1. The molecule has 1 saturated heterocycles. The van der Waals surface area contributed by atoms with Crippen LogP contribution in [-0.2, 0) is 4.74 Å². The molecule has 0 aromatic carbocycles. The minimum Gasteiger partial charge on any atom is -0.381 e. The summed E-state index contributed by atoms with van der Waals surface area (Å²) < 4.78 is 5.50. The summed E-state index contributed by atoms with van der Waals surface area (Å²) in [5, 5.41) is 3.74. The zero-order valence-corrected chi connectivity index (χ0v) is 13.2. The fraction of sp³-hybridized carbons (Fsp3) is 1.00. The number of rotatable bonds is 4. The van der Waals surface area contributed by atoms with Crippen LogP contribution in [-0.4, -0.2) is 49.8 Å². The lowest BCUT2D eigenvalue weighted by Gasteiger charge is -2.48. The van der Waals surface area contributed by atoms with Gasteiger partial charge >= 0.3 is 0 Å². The average Bonchev–Trinajstić information content (AvgIpc) is 2.39. The summed E-state index contributed by atoms with van der Waals surface area (Å²) >= 11 is 0. The maximum Gasteiger partial charge on any atom is 0.0595 e. The maximum absolute atomic E-state index is 5.50. The number of nitrogens with one attached hydrogen (secondary N) is 1. The second-order valence-electron chi connectivity index (χ2n) is 6.68. The monoisotopic (exact) mass is 268 g/mol. The Morgan fingerprint density at radius 2 is 1.84 bits per heavy atom. The minimum absolute atomic E-state index is 0.492. The van der Waals surface area contributed by atoms with Gasteiger partial charge in [-0.2, -0.15) is 0 Å². The molecule has 0 spiro atoms. The number of piperidine rings is 1. The summed E-state index contributed by atoms with van der Waals surface area (Å²) in [5.41, 5.74) is 0. The third-order valence-corrected chi connectivity index (χ3v) is 5.12. The van der Waals surface area contributed by atoms with Gasteiger partial charge in [-0.3, -0.25) is 4.90 Å². The number of likely N-dealkylation sites (N-methyl/N-ethyl adjacent to an activating group) is 1. The maximum atomic E-state index is 5.50. The van der Waals surface area contributed by atoms with E-state index in [0.717, 1.165) is 24.4 Å². The van der Waals surface area contributed by atoms with Gasteiger partial charge in [0.25, 0.3) is 0 Å². The molecular weight excluding hydrogens is 236 g/mol. The fourth-order valence-corrected chi connectivity index (χ4v) is 4.33. The lowest BCUT2D eigenvalue weighted by molar-refractivity contribution is -0.00547. The van der Waals surface area contributed by atoms with Gasteiger partial charge in [-0.1, -0.05) is 20.8 Å². The van der Waals surface area contributed by atoms with E-state index in [1.54, 1.807) is 0 Å². The van der Waals surface area contributed by atoms with Crippen molar-refractivity contribution in [1.82, 2.24) is 10.2 Å². The summed E-state index contributed by atoms with van der Waals surface area (Å²) in [7, 11) is 1.85. The van der Waals surface area contributed by atoms with Crippen molar-refractivity contribution >= 4 is 0 Å². The van der Waals surface area contributed by atoms with Crippen molar-refractivity contribution in [1.29, 1.82) is 0 Å². The molecule has 0 radical (unpaired) electrons. The Labute approximate surface area is 119 Å². The highest BCUT2D eigenvalue weighted by Gasteiger charge is 2.38. The van der Waals surface area contributed by atoms with Gasteiger partial charge in [-0.25, -0.2) is 0 Å². The number of nitrogens with zero attached hydrogens (tertiary/aromatic N) is 1. The molecule has 2 fully saturated rings. The van der Waals surface area contributed by atoms with E-state index in [2.05, 4.69) is 31.0 Å². The van der Waals surface area contributed by atoms with Gasteiger partial charge in [0.15, 0.2) is 0 Å². The topological polar surface area (TPSA) is 24.5 Å². The lowest BCUT2D eigenvalue weighted by Crippen LogP contribution is -2.58. The standard InChI is InChI=1S/C16H32N2O/c1-5-17-15-11-12(2)10-13(3)16(15)18-8-6-14(19-4)7-9-18/h12-17H,5-11H2,1-4H3. The highest BCUT2D eigenvalue weighted by atomic mass is 16.5. The summed E-state index contributed by atoms with van der Waals surface area (Å²) in [6.45, 7) is 10.6. The fourth-order valence-electron chi connectivity index (χ4n) is 4.33. The van der Waals surface area contributed by atoms with Crippen LogP contribution in [0.3, 0.4) is 0 Å². The molecule has 0 aromatic rings. The molecule has 1 heterocycles. The zero-order valence-electron chi connectivity index (χ0n) is 13.2. The second-order valence-corrected chi connectivity index (χ2v) is 6.68. The molecule has 112 valence electrons. The SMILES string of the molecule is CCNC1CC(C)CC(C)C1N1CCC(OC)CC1. The van der Waals surface area contributed by atoms with Crippen LogP contribution >= 0.6 is 0 Å². The molecule has 1 aliphatic heterocycles. The Hall–Kier alpha value is -0.120. The molecule has 3 nitrogen and oxygen atoms in total. The molecule has 1 N–H and O–H groups in total. The van der Waals surface area contributed by atoms with Crippen LogP contribution in [0.1, 0.15) is 46.5 Å². The zero-order chi connectivity index (χ0) is 13.8. The van der Waals surface area contributed by atoms with E-state index in [1.807, 2.05) is 7.11 Å². The first-order chi connectivity index (χ1) is 9.15. The molecule has 0 bridgehead atoms. The Balaban J connectivity index is 1.98. The quantitative estimate of drug-likeness (QED) is 0.848. The number of likely N-dealkylation sites (tertiary alicyclic amines) is 1. The van der Waals surface area contributed by atoms with Crippen molar-refractivity contribution in [3.05, 3.63) is 0 Å². The van der Waals surface area contributed by atoms with Gasteiger partial charge in [0.1, 0.15) is 0 Å².